The van der Waals surface area contributed by atoms with Gasteiger partial charge in [0, 0.05) is 28.3 Å². The van der Waals surface area contributed by atoms with E-state index in [2.05, 4.69) is 10.0 Å². The van der Waals surface area contributed by atoms with E-state index < -0.39 is 45.5 Å². The second-order valence-corrected chi connectivity index (χ2v) is 11.8. The molecule has 0 radical (unpaired) electrons. The van der Waals surface area contributed by atoms with E-state index in [9.17, 15) is 22.8 Å². The van der Waals surface area contributed by atoms with Crippen molar-refractivity contribution in [2.75, 3.05) is 11.3 Å². The number of carbonyl (C=O) groups excluding carboxylic acids is 3. The average Bonchev–Trinajstić information content (AvgIpc) is 2.90. The predicted octanol–water partition coefficient (Wildman–Crippen LogP) is 1.95. The minimum Gasteiger partial charge on any atom is -0.483 e. The van der Waals surface area contributed by atoms with Crippen molar-refractivity contribution in [2.24, 2.45) is 17.2 Å². The molecule has 0 heterocycles. The maximum absolute atomic E-state index is 13.6. The number of nitrogen functional groups attached to an aromatic ring is 1. The lowest BCUT2D eigenvalue weighted by Crippen LogP contribution is -2.40. The number of hydrogen-bond donors (Lipinski definition) is 6. The first-order valence-corrected chi connectivity index (χ1v) is 13.9. The Labute approximate surface area is 241 Å². The van der Waals surface area contributed by atoms with Crippen LogP contribution in [0.2, 0.25) is 5.02 Å². The van der Waals surface area contributed by atoms with Gasteiger partial charge in [0.05, 0.1) is 12.1 Å². The highest BCUT2D eigenvalue weighted by molar-refractivity contribution is 7.93. The van der Waals surface area contributed by atoms with E-state index in [0.29, 0.717) is 16.7 Å². The SMILES string of the molecule is CC(CC(N)=O)(c1ccccc1)S(=O)(=O)Nc1cc(Cl)cc(C(=O)NCc2ccc(C(=N)N)cc2OCC(N)=O)c1. The molecule has 0 spiro atoms. The predicted molar refractivity (Wildman–Crippen MR) is 155 cm³/mol. The number of ether oxygens (including phenoxy) is 1. The van der Waals surface area contributed by atoms with Gasteiger partial charge in [0.15, 0.2) is 6.61 Å². The molecule has 0 aliphatic rings. The number of nitrogens with two attached hydrogens (primary N) is 3. The Balaban J connectivity index is 1.85. The number of primary amides is 2. The molecule has 9 N–H and O–H groups in total. The molecule has 1 atom stereocenters. The van der Waals surface area contributed by atoms with Crippen LogP contribution in [-0.2, 0) is 30.9 Å². The van der Waals surface area contributed by atoms with Crippen LogP contribution in [0.3, 0.4) is 0 Å². The number of halogens is 1. The van der Waals surface area contributed by atoms with E-state index in [1.165, 1.54) is 31.2 Å². The summed E-state index contributed by atoms with van der Waals surface area (Å²) >= 11 is 6.21. The largest absolute Gasteiger partial charge is 0.483 e. The van der Waals surface area contributed by atoms with Gasteiger partial charge in [-0.2, -0.15) is 0 Å². The standard InChI is InChI=1S/C27H29ClN6O6S/c1-27(13-23(29)35,19-5-3-2-4-6-19)41(38,39)34-21-10-18(9-20(28)12-21)26(37)33-14-17-8-7-16(25(31)32)11-22(17)40-15-24(30)36/h2-12,34H,13-15H2,1H3,(H2,29,35)(H2,30,36)(H3,31,32)(H,33,37). The molecule has 41 heavy (non-hydrogen) atoms. The quantitative estimate of drug-likeness (QED) is 0.126. The zero-order valence-electron chi connectivity index (χ0n) is 21.9. The number of nitrogens with one attached hydrogen (secondary N) is 3. The summed E-state index contributed by atoms with van der Waals surface area (Å²) in [5.41, 5.74) is 17.2. The monoisotopic (exact) mass is 600 g/mol. The molecule has 216 valence electrons. The highest BCUT2D eigenvalue weighted by Gasteiger charge is 2.42. The third kappa shape index (κ3) is 7.74. The van der Waals surface area contributed by atoms with Gasteiger partial charge in [0.2, 0.25) is 15.9 Å². The summed E-state index contributed by atoms with van der Waals surface area (Å²) < 4.78 is 33.2. The van der Waals surface area contributed by atoms with E-state index in [4.69, 9.17) is 38.9 Å². The van der Waals surface area contributed by atoms with Crippen molar-refractivity contribution < 1.29 is 27.5 Å². The van der Waals surface area contributed by atoms with Crippen LogP contribution >= 0.6 is 11.6 Å². The molecule has 3 aromatic rings. The van der Waals surface area contributed by atoms with Crippen LogP contribution in [0.1, 0.15) is 40.4 Å². The van der Waals surface area contributed by atoms with E-state index in [-0.39, 0.29) is 34.4 Å². The molecule has 3 amide bonds. The summed E-state index contributed by atoms with van der Waals surface area (Å²) in [4.78, 5) is 36.0. The zero-order chi connectivity index (χ0) is 30.4. The van der Waals surface area contributed by atoms with E-state index >= 15 is 0 Å². The average molecular weight is 601 g/mol. The first kappa shape index (κ1) is 30.9. The minimum absolute atomic E-state index is 0.00873. The lowest BCUT2D eigenvalue weighted by atomic mass is 9.96. The Hall–Kier alpha value is -4.62. The van der Waals surface area contributed by atoms with Crippen LogP contribution in [0.25, 0.3) is 0 Å². The molecule has 3 rings (SSSR count). The highest BCUT2D eigenvalue weighted by atomic mass is 35.5. The maximum atomic E-state index is 13.6. The maximum Gasteiger partial charge on any atom is 0.255 e. The molecular formula is C27H29ClN6O6S. The molecule has 1 unspecified atom stereocenters. The van der Waals surface area contributed by atoms with E-state index in [0.717, 1.165) is 0 Å². The van der Waals surface area contributed by atoms with Gasteiger partial charge >= 0.3 is 0 Å². The van der Waals surface area contributed by atoms with Crippen LogP contribution in [0, 0.1) is 5.41 Å². The Kier molecular flexibility index (Phi) is 9.58. The van der Waals surface area contributed by atoms with Gasteiger partial charge in [-0.15, -0.1) is 0 Å². The van der Waals surface area contributed by atoms with Gasteiger partial charge in [0.1, 0.15) is 16.3 Å². The topological polar surface area (TPSA) is 221 Å². The molecule has 14 heteroatoms. The van der Waals surface area contributed by atoms with Gasteiger partial charge in [-0.05, 0) is 36.8 Å². The van der Waals surface area contributed by atoms with Crippen LogP contribution in [0.15, 0.2) is 66.7 Å². The van der Waals surface area contributed by atoms with Crippen molar-refractivity contribution in [3.63, 3.8) is 0 Å². The summed E-state index contributed by atoms with van der Waals surface area (Å²) in [7, 11) is -4.29. The summed E-state index contributed by atoms with van der Waals surface area (Å²) in [5, 5.41) is 10.3. The van der Waals surface area contributed by atoms with Crippen molar-refractivity contribution in [1.29, 1.82) is 5.41 Å². The normalized spacial score (nSPS) is 12.5. The number of rotatable bonds is 13. The van der Waals surface area contributed by atoms with E-state index in [1.54, 1.807) is 42.5 Å². The van der Waals surface area contributed by atoms with Gasteiger partial charge in [-0.25, -0.2) is 8.42 Å². The van der Waals surface area contributed by atoms with Crippen molar-refractivity contribution in [2.45, 2.75) is 24.6 Å². The fourth-order valence-electron chi connectivity index (χ4n) is 3.95. The van der Waals surface area contributed by atoms with Crippen LogP contribution < -0.4 is 32.0 Å². The van der Waals surface area contributed by atoms with Crippen molar-refractivity contribution in [3.8, 4) is 5.75 Å². The molecular weight excluding hydrogens is 572 g/mol. The number of sulfonamides is 1. The van der Waals surface area contributed by atoms with Crippen molar-refractivity contribution in [1.82, 2.24) is 5.32 Å². The second-order valence-electron chi connectivity index (χ2n) is 9.25. The number of hydrogen-bond acceptors (Lipinski definition) is 7. The lowest BCUT2D eigenvalue weighted by Gasteiger charge is -2.29. The molecule has 12 nitrogen and oxygen atoms in total. The number of carbonyl (C=O) groups is 3. The molecule has 0 fully saturated rings. The zero-order valence-corrected chi connectivity index (χ0v) is 23.5. The molecule has 0 bridgehead atoms. The summed E-state index contributed by atoms with van der Waals surface area (Å²) in [6.07, 6.45) is -0.497. The Morgan fingerprint density at radius 1 is 0.951 bits per heavy atom. The Morgan fingerprint density at radius 3 is 2.24 bits per heavy atom. The summed E-state index contributed by atoms with van der Waals surface area (Å²) in [6, 6.07) is 16.6. The van der Waals surface area contributed by atoms with Crippen molar-refractivity contribution >= 4 is 50.9 Å². The molecule has 0 saturated carbocycles. The van der Waals surface area contributed by atoms with Crippen LogP contribution in [0.5, 0.6) is 5.75 Å². The highest BCUT2D eigenvalue weighted by Crippen LogP contribution is 2.35. The van der Waals surface area contributed by atoms with Gasteiger partial charge in [0.25, 0.3) is 11.8 Å². The second kappa shape index (κ2) is 12.7. The summed E-state index contributed by atoms with van der Waals surface area (Å²) in [5.74, 6) is -2.18. The first-order valence-electron chi connectivity index (χ1n) is 12.1. The molecule has 3 aromatic carbocycles. The Bertz CT molecular complexity index is 1600. The van der Waals surface area contributed by atoms with Gasteiger partial charge in [-0.1, -0.05) is 54.1 Å². The first-order chi connectivity index (χ1) is 19.2. The smallest absolute Gasteiger partial charge is 0.255 e. The fourth-order valence-corrected chi connectivity index (χ4v) is 5.62. The van der Waals surface area contributed by atoms with Crippen molar-refractivity contribution in [3.05, 3.63) is 94.0 Å². The third-order valence-electron chi connectivity index (χ3n) is 6.09. The summed E-state index contributed by atoms with van der Waals surface area (Å²) in [6.45, 7) is 0.879. The van der Waals surface area contributed by atoms with Crippen LogP contribution in [-0.4, -0.2) is 38.6 Å². The molecule has 0 aliphatic carbocycles. The molecule has 0 aromatic heterocycles. The third-order valence-corrected chi connectivity index (χ3v) is 8.38. The minimum atomic E-state index is -4.29. The molecule has 0 aliphatic heterocycles. The molecule has 0 saturated heterocycles. The van der Waals surface area contributed by atoms with E-state index in [1.807, 2.05) is 0 Å². The number of amidine groups is 1. The van der Waals surface area contributed by atoms with Gasteiger partial charge in [-0.3, -0.25) is 24.5 Å². The fraction of sp³-hybridized carbons (Fsp3) is 0.185. The number of benzene rings is 3. The number of anilines is 1. The lowest BCUT2D eigenvalue weighted by molar-refractivity contribution is -0.120. The Morgan fingerprint density at radius 2 is 1.63 bits per heavy atom. The number of amides is 3. The van der Waals surface area contributed by atoms with Gasteiger partial charge < -0.3 is 27.3 Å². The van der Waals surface area contributed by atoms with Crippen LogP contribution in [0.4, 0.5) is 5.69 Å².